The summed E-state index contributed by atoms with van der Waals surface area (Å²) in [4.78, 5) is 28.0. The van der Waals surface area contributed by atoms with Crippen LogP contribution >= 0.6 is 7.52 Å². The molecule has 0 bridgehead atoms. The summed E-state index contributed by atoms with van der Waals surface area (Å²) in [6.07, 6.45) is -1.29. The molecule has 0 aliphatic carbocycles. The van der Waals surface area contributed by atoms with Gasteiger partial charge in [0, 0.05) is 43.8 Å². The molecule has 3 aromatic carbocycles. The Morgan fingerprint density at radius 3 is 1.96 bits per heavy atom. The van der Waals surface area contributed by atoms with Crippen molar-refractivity contribution in [1.29, 1.82) is 5.26 Å². The maximum atomic E-state index is 15.2. The lowest BCUT2D eigenvalue weighted by Crippen LogP contribution is -2.52. The number of hydrogen-bond donors (Lipinski definition) is 1. The van der Waals surface area contributed by atoms with Crippen LogP contribution in [-0.2, 0) is 28.9 Å². The maximum absolute atomic E-state index is 15.2. The summed E-state index contributed by atoms with van der Waals surface area (Å²) in [6.45, 7) is 9.25. The standard InChI is InChI=1S/C42H53N4O9P/c1-28(2)46(29(3)4)56(49,24-12-23-43)55-37-25-36(45-26-30(5)39(47)44-41(45)48)40(52-8)54-38(37)27-53-42(31-13-10-9-11-14-31,32-15-19-34(50-6)20-16-32)33-17-21-35(51-7)22-18-33/h9-11,13-22,26,28-29,36-38,40H,12,24-25,27H2,1-8H3,(H,44,47,48)/t36-,37-,38+,40+,56?/m0/s1. The van der Waals surface area contributed by atoms with Crippen LogP contribution in [-0.4, -0.2) is 78.9 Å². The van der Waals surface area contributed by atoms with Gasteiger partial charge in [0.1, 0.15) is 23.2 Å². The largest absolute Gasteiger partial charge is 0.497 e. The SMILES string of the molecule is COc1ccc(C(OC[C@H]2O[C@@H](OC)[C@@H](n3cc(C)c(=O)[nH]c3=O)C[C@@H]2OP(=O)(CCC#N)N(C(C)C)C(C)C)(c2ccccc2)c2ccc(OC)cc2)cc1. The van der Waals surface area contributed by atoms with Crippen molar-refractivity contribution in [3.05, 3.63) is 128 Å². The molecular formula is C42H53N4O9P. The highest BCUT2D eigenvalue weighted by molar-refractivity contribution is 7.56. The molecule has 2 heterocycles. The molecule has 0 amide bonds. The van der Waals surface area contributed by atoms with Crippen LogP contribution in [0.2, 0.25) is 0 Å². The third kappa shape index (κ3) is 9.02. The maximum Gasteiger partial charge on any atom is 0.328 e. The Hall–Kier alpha value is -4.54. The van der Waals surface area contributed by atoms with Gasteiger partial charge in [-0.1, -0.05) is 54.6 Å². The molecule has 0 radical (unpaired) electrons. The number of benzene rings is 3. The molecule has 1 fully saturated rings. The fourth-order valence-electron chi connectivity index (χ4n) is 7.61. The van der Waals surface area contributed by atoms with Gasteiger partial charge in [-0.15, -0.1) is 0 Å². The number of ether oxygens (including phenoxy) is 5. The smallest absolute Gasteiger partial charge is 0.328 e. The minimum Gasteiger partial charge on any atom is -0.497 e. The van der Waals surface area contributed by atoms with Gasteiger partial charge in [-0.25, -0.2) is 9.46 Å². The van der Waals surface area contributed by atoms with Gasteiger partial charge in [0.25, 0.3) is 13.1 Å². The van der Waals surface area contributed by atoms with Crippen molar-refractivity contribution >= 4 is 7.52 Å². The lowest BCUT2D eigenvalue weighted by atomic mass is 9.80. The molecule has 1 N–H and O–H groups in total. The Kier molecular flexibility index (Phi) is 14.2. The van der Waals surface area contributed by atoms with E-state index in [0.29, 0.717) is 17.1 Å². The molecule has 56 heavy (non-hydrogen) atoms. The Morgan fingerprint density at radius 2 is 1.46 bits per heavy atom. The van der Waals surface area contributed by atoms with Crippen molar-refractivity contribution in [2.24, 2.45) is 0 Å². The van der Waals surface area contributed by atoms with E-state index in [0.717, 1.165) is 16.7 Å². The van der Waals surface area contributed by atoms with E-state index in [-0.39, 0.29) is 37.7 Å². The zero-order valence-corrected chi connectivity index (χ0v) is 34.2. The van der Waals surface area contributed by atoms with Gasteiger partial charge in [0.2, 0.25) is 0 Å². The Balaban J connectivity index is 1.67. The normalized spacial score (nSPS) is 19.8. The van der Waals surface area contributed by atoms with Gasteiger partial charge in [-0.3, -0.25) is 18.9 Å². The van der Waals surface area contributed by atoms with Crippen LogP contribution in [0.1, 0.15) is 68.8 Å². The van der Waals surface area contributed by atoms with Crippen LogP contribution in [0.25, 0.3) is 0 Å². The molecule has 4 aromatic rings. The first-order valence-electron chi connectivity index (χ1n) is 18.7. The van der Waals surface area contributed by atoms with E-state index in [1.807, 2.05) is 111 Å². The first-order chi connectivity index (χ1) is 26.8. The van der Waals surface area contributed by atoms with Gasteiger partial charge >= 0.3 is 5.69 Å². The number of H-pyrrole nitrogens is 1. The minimum atomic E-state index is -3.73. The van der Waals surface area contributed by atoms with E-state index in [2.05, 4.69) is 11.1 Å². The van der Waals surface area contributed by atoms with Gasteiger partial charge in [-0.05, 0) is 75.6 Å². The Bertz CT molecular complexity index is 2040. The van der Waals surface area contributed by atoms with E-state index >= 15 is 4.57 Å². The van der Waals surface area contributed by atoms with E-state index in [1.165, 1.54) is 17.9 Å². The van der Waals surface area contributed by atoms with Crippen LogP contribution in [0.15, 0.2) is 94.6 Å². The molecule has 1 saturated heterocycles. The average molecular weight is 789 g/mol. The van der Waals surface area contributed by atoms with Gasteiger partial charge in [0.15, 0.2) is 6.29 Å². The second kappa shape index (κ2) is 18.6. The minimum absolute atomic E-state index is 0.00326. The topological polar surface area (TPSA) is 154 Å². The van der Waals surface area contributed by atoms with Crippen LogP contribution < -0.4 is 20.7 Å². The zero-order chi connectivity index (χ0) is 40.6. The molecule has 0 saturated carbocycles. The molecule has 300 valence electrons. The Morgan fingerprint density at radius 1 is 0.911 bits per heavy atom. The van der Waals surface area contributed by atoms with E-state index in [4.69, 9.17) is 28.2 Å². The monoisotopic (exact) mass is 788 g/mol. The number of nitriles is 1. The van der Waals surface area contributed by atoms with Crippen LogP contribution in [0.4, 0.5) is 0 Å². The number of hydrogen-bond acceptors (Lipinski definition) is 10. The predicted molar refractivity (Wildman–Crippen MR) is 213 cm³/mol. The van der Waals surface area contributed by atoms with Crippen molar-refractivity contribution < 1.29 is 32.8 Å². The molecule has 1 aliphatic heterocycles. The third-order valence-corrected chi connectivity index (χ3v) is 13.1. The molecule has 1 aliphatic rings. The van der Waals surface area contributed by atoms with Crippen LogP contribution in [0.3, 0.4) is 0 Å². The molecule has 5 rings (SSSR count). The van der Waals surface area contributed by atoms with Crippen LogP contribution in [0.5, 0.6) is 11.5 Å². The number of nitrogens with zero attached hydrogens (tertiary/aromatic N) is 3. The van der Waals surface area contributed by atoms with Gasteiger partial charge < -0.3 is 28.2 Å². The molecule has 1 aromatic heterocycles. The lowest BCUT2D eigenvalue weighted by Gasteiger charge is -2.45. The van der Waals surface area contributed by atoms with E-state index < -0.39 is 48.9 Å². The molecule has 1 unspecified atom stereocenters. The summed E-state index contributed by atoms with van der Waals surface area (Å²) in [5, 5.41) is 9.66. The molecule has 14 heteroatoms. The van der Waals surface area contributed by atoms with Crippen molar-refractivity contribution in [2.75, 3.05) is 34.1 Å². The van der Waals surface area contributed by atoms with E-state index in [9.17, 15) is 14.9 Å². The summed E-state index contributed by atoms with van der Waals surface area (Å²) >= 11 is 0. The molecule has 13 nitrogen and oxygen atoms in total. The summed E-state index contributed by atoms with van der Waals surface area (Å²) in [5.74, 6) is 1.34. The summed E-state index contributed by atoms with van der Waals surface area (Å²) in [7, 11) is 0.954. The number of aromatic nitrogens is 2. The number of aromatic amines is 1. The zero-order valence-electron chi connectivity index (χ0n) is 33.3. The fraction of sp³-hybridized carbons (Fsp3) is 0.452. The number of nitrogens with one attached hydrogen (secondary N) is 1. The lowest BCUT2D eigenvalue weighted by molar-refractivity contribution is -0.245. The highest BCUT2D eigenvalue weighted by atomic mass is 31.2. The number of methoxy groups -OCH3 is 3. The van der Waals surface area contributed by atoms with Crippen molar-refractivity contribution in [3.63, 3.8) is 0 Å². The number of rotatable bonds is 17. The quantitative estimate of drug-likeness (QED) is 0.0889. The molecule has 0 spiro atoms. The highest BCUT2D eigenvalue weighted by Gasteiger charge is 2.48. The second-order valence-electron chi connectivity index (χ2n) is 14.4. The van der Waals surface area contributed by atoms with Crippen molar-refractivity contribution in [2.45, 2.75) is 89.7 Å². The Labute approximate surface area is 328 Å². The first kappa shape index (κ1) is 42.6. The second-order valence-corrected chi connectivity index (χ2v) is 16.8. The summed E-state index contributed by atoms with van der Waals surface area (Å²) < 4.78 is 56.0. The van der Waals surface area contributed by atoms with E-state index in [1.54, 1.807) is 21.1 Å². The van der Waals surface area contributed by atoms with Crippen LogP contribution in [0, 0.1) is 18.3 Å². The van der Waals surface area contributed by atoms with Crippen molar-refractivity contribution in [3.8, 4) is 17.6 Å². The molecular weight excluding hydrogens is 735 g/mol. The first-order valence-corrected chi connectivity index (χ1v) is 20.5. The summed E-state index contributed by atoms with van der Waals surface area (Å²) in [5.41, 5.74) is 0.369. The van der Waals surface area contributed by atoms with Crippen molar-refractivity contribution in [1.82, 2.24) is 14.2 Å². The fourth-order valence-corrected chi connectivity index (χ4v) is 10.5. The summed E-state index contributed by atoms with van der Waals surface area (Å²) in [6, 6.07) is 26.0. The van der Waals surface area contributed by atoms with Gasteiger partial charge in [0.05, 0.1) is 45.2 Å². The molecule has 5 atom stereocenters. The third-order valence-electron chi connectivity index (χ3n) is 10.1. The highest BCUT2D eigenvalue weighted by Crippen LogP contribution is 2.56. The predicted octanol–water partition coefficient (Wildman–Crippen LogP) is 6.78. The average Bonchev–Trinajstić information content (AvgIpc) is 3.19. The number of aryl methyl sites for hydroxylation is 1. The van der Waals surface area contributed by atoms with Gasteiger partial charge in [-0.2, -0.15) is 5.26 Å².